The van der Waals surface area contributed by atoms with Gasteiger partial charge in [-0.1, -0.05) is 18.2 Å². The van der Waals surface area contributed by atoms with E-state index in [4.69, 9.17) is 0 Å². The molecule has 1 aromatic carbocycles. The Balaban J connectivity index is 2.57. The Morgan fingerprint density at radius 3 is 2.52 bits per heavy atom. The number of benzene rings is 1. The maximum Gasteiger partial charge on any atom is 0.308 e. The van der Waals surface area contributed by atoms with Gasteiger partial charge in [0.25, 0.3) is 0 Å². The van der Waals surface area contributed by atoms with Crippen LogP contribution < -0.4 is 0 Å². The molecule has 1 aliphatic heterocycles. The zero-order chi connectivity index (χ0) is 15.8. The molecular formula is C15H21NO4S. The second-order valence-electron chi connectivity index (χ2n) is 5.79. The summed E-state index contributed by atoms with van der Waals surface area (Å²) >= 11 is 0. The van der Waals surface area contributed by atoms with Gasteiger partial charge in [0.15, 0.2) is 9.84 Å². The van der Waals surface area contributed by atoms with E-state index in [1.54, 1.807) is 38.1 Å². The van der Waals surface area contributed by atoms with Crippen molar-refractivity contribution in [1.29, 1.82) is 0 Å². The first-order valence-electron chi connectivity index (χ1n) is 7.02. The quantitative estimate of drug-likeness (QED) is 0.920. The van der Waals surface area contributed by atoms with E-state index < -0.39 is 33.0 Å². The molecule has 1 aromatic rings. The molecule has 116 valence electrons. The van der Waals surface area contributed by atoms with Gasteiger partial charge in [0.05, 0.1) is 16.1 Å². The smallest absolute Gasteiger partial charge is 0.308 e. The summed E-state index contributed by atoms with van der Waals surface area (Å²) < 4.78 is 25.1. The molecule has 0 aromatic heterocycles. The Hall–Kier alpha value is -1.40. The number of carboxylic acid groups (broad SMARTS) is 1. The number of carbonyl (C=O) groups is 1. The van der Waals surface area contributed by atoms with Gasteiger partial charge in [0.1, 0.15) is 0 Å². The minimum Gasteiger partial charge on any atom is -0.481 e. The van der Waals surface area contributed by atoms with Crippen molar-refractivity contribution in [2.24, 2.45) is 5.92 Å². The number of likely N-dealkylation sites (tertiary alicyclic amines) is 1. The fourth-order valence-electron chi connectivity index (χ4n) is 2.90. The number of nitrogens with zero attached hydrogens (tertiary/aromatic N) is 1. The summed E-state index contributed by atoms with van der Waals surface area (Å²) in [5, 5.41) is 8.86. The molecule has 2 atom stereocenters. The van der Waals surface area contributed by atoms with Gasteiger partial charge in [-0.3, -0.25) is 9.69 Å². The molecule has 0 spiro atoms. The highest BCUT2D eigenvalue weighted by molar-refractivity contribution is 7.92. The molecule has 1 N–H and O–H groups in total. The monoisotopic (exact) mass is 311 g/mol. The Bertz CT molecular complexity index is 639. The van der Waals surface area contributed by atoms with Crippen molar-refractivity contribution in [3.8, 4) is 0 Å². The summed E-state index contributed by atoms with van der Waals surface area (Å²) in [6.07, 6.45) is 0.534. The first-order chi connectivity index (χ1) is 9.76. The number of sulfone groups is 1. The highest BCUT2D eigenvalue weighted by Crippen LogP contribution is 2.39. The molecular weight excluding hydrogens is 290 g/mol. The predicted molar refractivity (Wildman–Crippen MR) is 79.9 cm³/mol. The van der Waals surface area contributed by atoms with Crippen molar-refractivity contribution < 1.29 is 18.3 Å². The third-order valence-electron chi connectivity index (χ3n) is 4.13. The van der Waals surface area contributed by atoms with Gasteiger partial charge >= 0.3 is 5.97 Å². The lowest BCUT2D eigenvalue weighted by atomic mass is 9.94. The second-order valence-corrected chi connectivity index (χ2v) is 8.26. The molecule has 1 heterocycles. The SMILES string of the molecule is CC(C)S(=O)(=O)c1ccccc1[C@H]1[C@@H](C(=O)O)CCN1C. The zero-order valence-electron chi connectivity index (χ0n) is 12.5. The molecule has 0 amide bonds. The van der Waals surface area contributed by atoms with E-state index in [1.807, 2.05) is 11.9 Å². The standard InChI is InChI=1S/C15H21NO4S/c1-10(2)21(19,20)13-7-5-4-6-11(13)14-12(15(17)18)8-9-16(14)3/h4-7,10,12,14H,8-9H2,1-3H3,(H,17,18)/t12-,14-/m0/s1. The summed E-state index contributed by atoms with van der Waals surface area (Å²) in [7, 11) is -1.60. The average molecular weight is 311 g/mol. The third kappa shape index (κ3) is 2.82. The van der Waals surface area contributed by atoms with Gasteiger partial charge in [-0.2, -0.15) is 0 Å². The maximum atomic E-state index is 12.5. The van der Waals surface area contributed by atoms with E-state index in [9.17, 15) is 18.3 Å². The number of aliphatic carboxylic acids is 1. The number of hydrogen-bond acceptors (Lipinski definition) is 4. The van der Waals surface area contributed by atoms with Crippen LogP contribution in [0.2, 0.25) is 0 Å². The topological polar surface area (TPSA) is 74.7 Å². The van der Waals surface area contributed by atoms with Crippen molar-refractivity contribution >= 4 is 15.8 Å². The lowest BCUT2D eigenvalue weighted by molar-refractivity contribution is -0.142. The summed E-state index contributed by atoms with van der Waals surface area (Å²) in [5.74, 6) is -1.44. The first-order valence-corrected chi connectivity index (χ1v) is 8.57. The van der Waals surface area contributed by atoms with E-state index >= 15 is 0 Å². The first kappa shape index (κ1) is 16.0. The van der Waals surface area contributed by atoms with Crippen LogP contribution in [0.25, 0.3) is 0 Å². The molecule has 0 aliphatic carbocycles. The lowest BCUT2D eigenvalue weighted by Crippen LogP contribution is -2.28. The second kappa shape index (κ2) is 5.77. The van der Waals surface area contributed by atoms with Crippen LogP contribution in [0, 0.1) is 5.92 Å². The summed E-state index contributed by atoms with van der Waals surface area (Å²) in [6, 6.07) is 6.36. The maximum absolute atomic E-state index is 12.5. The normalized spacial score (nSPS) is 23.6. The molecule has 0 radical (unpaired) electrons. The molecule has 1 saturated heterocycles. The number of carboxylic acids is 1. The average Bonchev–Trinajstić information content (AvgIpc) is 2.80. The van der Waals surface area contributed by atoms with Gasteiger partial charge in [-0.25, -0.2) is 8.42 Å². The zero-order valence-corrected chi connectivity index (χ0v) is 13.3. The van der Waals surface area contributed by atoms with Gasteiger partial charge in [0, 0.05) is 6.04 Å². The molecule has 21 heavy (non-hydrogen) atoms. The summed E-state index contributed by atoms with van der Waals surface area (Å²) in [4.78, 5) is 13.6. The van der Waals surface area contributed by atoms with Crippen LogP contribution in [-0.4, -0.2) is 43.2 Å². The van der Waals surface area contributed by atoms with Gasteiger partial charge in [-0.05, 0) is 45.5 Å². The van der Waals surface area contributed by atoms with Crippen LogP contribution in [0.5, 0.6) is 0 Å². The molecule has 0 saturated carbocycles. The number of rotatable bonds is 4. The molecule has 0 unspecified atom stereocenters. The summed E-state index contributed by atoms with van der Waals surface area (Å²) in [6.45, 7) is 3.93. The van der Waals surface area contributed by atoms with Crippen molar-refractivity contribution in [1.82, 2.24) is 4.90 Å². The minimum atomic E-state index is -3.44. The highest BCUT2D eigenvalue weighted by Gasteiger charge is 2.40. The largest absolute Gasteiger partial charge is 0.481 e. The Kier molecular flexibility index (Phi) is 4.39. The third-order valence-corrected chi connectivity index (χ3v) is 6.36. The van der Waals surface area contributed by atoms with Crippen molar-refractivity contribution in [3.63, 3.8) is 0 Å². The number of hydrogen-bond donors (Lipinski definition) is 1. The van der Waals surface area contributed by atoms with E-state index in [2.05, 4.69) is 0 Å². The molecule has 2 rings (SSSR count). The molecule has 6 heteroatoms. The summed E-state index contributed by atoms with van der Waals surface area (Å²) in [5.41, 5.74) is 0.596. The van der Waals surface area contributed by atoms with Crippen LogP contribution in [0.3, 0.4) is 0 Å². The van der Waals surface area contributed by atoms with Crippen LogP contribution in [0.15, 0.2) is 29.2 Å². The van der Waals surface area contributed by atoms with Gasteiger partial charge < -0.3 is 5.11 Å². The molecule has 1 fully saturated rings. The highest BCUT2D eigenvalue weighted by atomic mass is 32.2. The van der Waals surface area contributed by atoms with Crippen LogP contribution in [0.1, 0.15) is 31.9 Å². The van der Waals surface area contributed by atoms with Gasteiger partial charge in [-0.15, -0.1) is 0 Å². The van der Waals surface area contributed by atoms with Crippen molar-refractivity contribution in [2.45, 2.75) is 36.5 Å². The van der Waals surface area contributed by atoms with Gasteiger partial charge in [0.2, 0.25) is 0 Å². The fourth-order valence-corrected chi connectivity index (χ4v) is 4.19. The Labute approximate surface area is 125 Å². The Morgan fingerprint density at radius 1 is 1.33 bits per heavy atom. The molecule has 5 nitrogen and oxygen atoms in total. The van der Waals surface area contributed by atoms with Crippen LogP contribution in [-0.2, 0) is 14.6 Å². The van der Waals surface area contributed by atoms with Crippen LogP contribution >= 0.6 is 0 Å². The van der Waals surface area contributed by atoms with E-state index in [0.29, 0.717) is 18.5 Å². The van der Waals surface area contributed by atoms with E-state index in [0.717, 1.165) is 0 Å². The molecule has 0 bridgehead atoms. The predicted octanol–water partition coefficient (Wildman–Crippen LogP) is 1.95. The Morgan fingerprint density at radius 2 is 1.95 bits per heavy atom. The van der Waals surface area contributed by atoms with Crippen LogP contribution in [0.4, 0.5) is 0 Å². The lowest BCUT2D eigenvalue weighted by Gasteiger charge is -2.26. The van der Waals surface area contributed by atoms with E-state index in [1.165, 1.54) is 0 Å². The molecule has 1 aliphatic rings. The fraction of sp³-hybridized carbons (Fsp3) is 0.533. The minimum absolute atomic E-state index is 0.255. The van der Waals surface area contributed by atoms with E-state index in [-0.39, 0.29) is 4.90 Å². The van der Waals surface area contributed by atoms with Crippen molar-refractivity contribution in [3.05, 3.63) is 29.8 Å². The van der Waals surface area contributed by atoms with Crippen molar-refractivity contribution in [2.75, 3.05) is 13.6 Å².